The van der Waals surface area contributed by atoms with E-state index in [0.717, 1.165) is 11.3 Å². The Balaban J connectivity index is 1.69. The molecular formula is C22H22N2O6S. The summed E-state index contributed by atoms with van der Waals surface area (Å²) in [5.74, 6) is -0.253. The number of nitrogens with one attached hydrogen (secondary N) is 1. The molecule has 0 aliphatic rings. The van der Waals surface area contributed by atoms with Gasteiger partial charge in [-0.3, -0.25) is 10.1 Å². The molecule has 0 bridgehead atoms. The van der Waals surface area contributed by atoms with Crippen LogP contribution in [0.15, 0.2) is 47.8 Å². The highest BCUT2D eigenvalue weighted by Crippen LogP contribution is 2.35. The van der Waals surface area contributed by atoms with Gasteiger partial charge in [0, 0.05) is 23.1 Å². The molecule has 1 N–H and O–H groups in total. The van der Waals surface area contributed by atoms with Gasteiger partial charge in [-0.2, -0.15) is 0 Å². The van der Waals surface area contributed by atoms with Crippen LogP contribution in [0.1, 0.15) is 17.3 Å². The van der Waals surface area contributed by atoms with Crippen LogP contribution in [0.3, 0.4) is 0 Å². The number of methoxy groups -OCH3 is 3. The van der Waals surface area contributed by atoms with Gasteiger partial charge in [0.25, 0.3) is 5.91 Å². The van der Waals surface area contributed by atoms with Crippen LogP contribution < -0.4 is 19.5 Å². The van der Waals surface area contributed by atoms with Crippen LogP contribution in [0.25, 0.3) is 11.3 Å². The largest absolute Gasteiger partial charge is 0.496 e. The summed E-state index contributed by atoms with van der Waals surface area (Å²) in [5.41, 5.74) is 1.81. The molecule has 8 nitrogen and oxygen atoms in total. The normalized spacial score (nSPS) is 11.4. The molecular weight excluding hydrogens is 420 g/mol. The number of nitrogens with zero attached hydrogens (tertiary/aromatic N) is 1. The second-order valence-corrected chi connectivity index (χ2v) is 7.21. The molecule has 1 heterocycles. The van der Waals surface area contributed by atoms with E-state index in [1.165, 1.54) is 51.7 Å². The van der Waals surface area contributed by atoms with Gasteiger partial charge in [0.15, 0.2) is 22.7 Å². The van der Waals surface area contributed by atoms with Crippen LogP contribution in [0.2, 0.25) is 0 Å². The third kappa shape index (κ3) is 5.13. The Morgan fingerprint density at radius 1 is 0.968 bits per heavy atom. The Kier molecular flexibility index (Phi) is 7.09. The van der Waals surface area contributed by atoms with Gasteiger partial charge in [-0.25, -0.2) is 9.78 Å². The summed E-state index contributed by atoms with van der Waals surface area (Å²) in [6.45, 7) is 1.48. The van der Waals surface area contributed by atoms with Gasteiger partial charge in [0.05, 0.1) is 27.0 Å². The maximum Gasteiger partial charge on any atom is 0.342 e. The molecule has 0 spiro atoms. The highest BCUT2D eigenvalue weighted by atomic mass is 32.1. The van der Waals surface area contributed by atoms with E-state index in [0.29, 0.717) is 16.6 Å². The first-order valence-corrected chi connectivity index (χ1v) is 10.2. The number of ether oxygens (including phenoxy) is 4. The summed E-state index contributed by atoms with van der Waals surface area (Å²) in [7, 11) is 4.34. The number of esters is 1. The predicted octanol–water partition coefficient (Wildman–Crippen LogP) is 4.02. The molecule has 1 amide bonds. The molecule has 0 saturated carbocycles. The fourth-order valence-corrected chi connectivity index (χ4v) is 3.47. The zero-order valence-corrected chi connectivity index (χ0v) is 18.3. The summed E-state index contributed by atoms with van der Waals surface area (Å²) in [6.07, 6.45) is -1.06. The van der Waals surface area contributed by atoms with Gasteiger partial charge in [-0.15, -0.1) is 11.3 Å². The zero-order chi connectivity index (χ0) is 22.4. The summed E-state index contributed by atoms with van der Waals surface area (Å²) >= 11 is 1.29. The average Bonchev–Trinajstić information content (AvgIpc) is 3.26. The number of carbonyl (C=O) groups is 2. The Labute approximate surface area is 183 Å². The number of aromatic nitrogens is 1. The first-order valence-electron chi connectivity index (χ1n) is 9.29. The first kappa shape index (κ1) is 22.1. The summed E-state index contributed by atoms with van der Waals surface area (Å²) < 4.78 is 21.0. The lowest BCUT2D eigenvalue weighted by Crippen LogP contribution is -2.30. The molecule has 9 heteroatoms. The highest BCUT2D eigenvalue weighted by molar-refractivity contribution is 7.14. The van der Waals surface area contributed by atoms with Gasteiger partial charge in [0.1, 0.15) is 11.3 Å². The number of thiazole rings is 1. The molecule has 1 unspecified atom stereocenters. The van der Waals surface area contributed by atoms with Crippen molar-refractivity contribution in [1.82, 2.24) is 4.98 Å². The van der Waals surface area contributed by atoms with E-state index < -0.39 is 18.0 Å². The number of hydrogen-bond donors (Lipinski definition) is 1. The fourth-order valence-electron chi connectivity index (χ4n) is 2.75. The lowest BCUT2D eigenvalue weighted by Gasteiger charge is -2.16. The van der Waals surface area contributed by atoms with Gasteiger partial charge < -0.3 is 18.9 Å². The van der Waals surface area contributed by atoms with Crippen LogP contribution >= 0.6 is 11.3 Å². The minimum absolute atomic E-state index is 0.111. The summed E-state index contributed by atoms with van der Waals surface area (Å²) in [6, 6.07) is 12.6. The van der Waals surface area contributed by atoms with E-state index in [1.807, 2.05) is 35.7 Å². The van der Waals surface area contributed by atoms with Crippen LogP contribution in [0.4, 0.5) is 5.13 Å². The van der Waals surface area contributed by atoms with Gasteiger partial charge in [-0.05, 0) is 6.92 Å². The fraction of sp³-hybridized carbons (Fsp3) is 0.227. The molecule has 162 valence electrons. The highest BCUT2D eigenvalue weighted by Gasteiger charge is 2.24. The van der Waals surface area contributed by atoms with Gasteiger partial charge >= 0.3 is 5.97 Å². The van der Waals surface area contributed by atoms with Crippen LogP contribution in [0.5, 0.6) is 17.2 Å². The maximum absolute atomic E-state index is 12.7. The molecule has 1 atom stereocenters. The number of carbonyl (C=O) groups excluding carboxylic acids is 2. The van der Waals surface area contributed by atoms with Crippen LogP contribution in [-0.2, 0) is 9.53 Å². The van der Waals surface area contributed by atoms with E-state index >= 15 is 0 Å². The van der Waals surface area contributed by atoms with Crippen molar-refractivity contribution in [1.29, 1.82) is 0 Å². The monoisotopic (exact) mass is 442 g/mol. The molecule has 0 aliphatic heterocycles. The quantitative estimate of drug-likeness (QED) is 0.526. The minimum Gasteiger partial charge on any atom is -0.496 e. The van der Waals surface area contributed by atoms with Crippen LogP contribution in [-0.4, -0.2) is 44.3 Å². The van der Waals surface area contributed by atoms with Crippen molar-refractivity contribution in [3.05, 3.63) is 53.4 Å². The first-order chi connectivity index (χ1) is 15.0. The van der Waals surface area contributed by atoms with Gasteiger partial charge in [0.2, 0.25) is 0 Å². The van der Waals surface area contributed by atoms with Crippen molar-refractivity contribution >= 4 is 28.3 Å². The number of benzene rings is 2. The molecule has 0 aliphatic carbocycles. The Morgan fingerprint density at radius 2 is 1.61 bits per heavy atom. The number of anilines is 1. The predicted molar refractivity (Wildman–Crippen MR) is 117 cm³/mol. The van der Waals surface area contributed by atoms with Crippen molar-refractivity contribution in [2.45, 2.75) is 13.0 Å². The third-order valence-corrected chi connectivity index (χ3v) is 5.14. The van der Waals surface area contributed by atoms with Crippen molar-refractivity contribution in [2.75, 3.05) is 26.6 Å². The van der Waals surface area contributed by atoms with Crippen molar-refractivity contribution in [3.8, 4) is 28.5 Å². The molecule has 0 radical (unpaired) electrons. The van der Waals surface area contributed by atoms with Gasteiger partial charge in [-0.1, -0.05) is 30.3 Å². The zero-order valence-electron chi connectivity index (χ0n) is 17.5. The molecule has 0 fully saturated rings. The van der Waals surface area contributed by atoms with E-state index in [4.69, 9.17) is 18.9 Å². The Hall–Kier alpha value is -3.59. The van der Waals surface area contributed by atoms with E-state index in [9.17, 15) is 9.59 Å². The van der Waals surface area contributed by atoms with E-state index in [-0.39, 0.29) is 11.3 Å². The number of rotatable bonds is 8. The lowest BCUT2D eigenvalue weighted by atomic mass is 10.1. The molecule has 1 aromatic heterocycles. The van der Waals surface area contributed by atoms with Crippen molar-refractivity contribution < 1.29 is 28.5 Å². The molecule has 3 rings (SSSR count). The summed E-state index contributed by atoms with van der Waals surface area (Å²) in [4.78, 5) is 29.6. The minimum atomic E-state index is -1.06. The SMILES string of the molecule is COc1cc(OC)c(C(=O)OC(C)C(=O)Nc2nc(-c3ccccc3)cs2)cc1OC. The Bertz CT molecular complexity index is 1070. The van der Waals surface area contributed by atoms with Crippen molar-refractivity contribution in [2.24, 2.45) is 0 Å². The average molecular weight is 442 g/mol. The summed E-state index contributed by atoms with van der Waals surface area (Å²) in [5, 5.41) is 4.93. The standard InChI is InChI=1S/C22H22N2O6S/c1-13(20(25)24-22-23-16(12-31-22)14-8-6-5-7-9-14)30-21(26)15-10-18(28-3)19(29-4)11-17(15)27-2/h5-13H,1-4H3,(H,23,24,25). The third-order valence-electron chi connectivity index (χ3n) is 4.38. The second-order valence-electron chi connectivity index (χ2n) is 6.35. The molecule has 3 aromatic rings. The van der Waals surface area contributed by atoms with Crippen molar-refractivity contribution in [3.63, 3.8) is 0 Å². The second kappa shape index (κ2) is 9.94. The van der Waals surface area contributed by atoms with E-state index in [1.54, 1.807) is 0 Å². The Morgan fingerprint density at radius 3 is 2.26 bits per heavy atom. The maximum atomic E-state index is 12.7. The molecule has 31 heavy (non-hydrogen) atoms. The smallest absolute Gasteiger partial charge is 0.342 e. The molecule has 2 aromatic carbocycles. The number of hydrogen-bond acceptors (Lipinski definition) is 8. The lowest BCUT2D eigenvalue weighted by molar-refractivity contribution is -0.123. The number of amides is 1. The van der Waals surface area contributed by atoms with Crippen LogP contribution in [0, 0.1) is 0 Å². The molecule has 0 saturated heterocycles. The van der Waals surface area contributed by atoms with E-state index in [2.05, 4.69) is 10.3 Å². The topological polar surface area (TPSA) is 96.0 Å².